The summed E-state index contributed by atoms with van der Waals surface area (Å²) in [5.74, 6) is -0.187. The Morgan fingerprint density at radius 2 is 1.57 bits per heavy atom. The highest BCUT2D eigenvalue weighted by Gasteiger charge is 2.25. The number of hydrogen-bond donors (Lipinski definition) is 0. The number of carbonyl (C=O) groups is 2. The van der Waals surface area contributed by atoms with Gasteiger partial charge in [-0.15, -0.1) is 0 Å². The first-order chi connectivity index (χ1) is 14.4. The Hall–Kier alpha value is -3.28. The number of amides is 1. The van der Waals surface area contributed by atoms with E-state index < -0.39 is 5.97 Å². The van der Waals surface area contributed by atoms with E-state index in [2.05, 4.69) is 0 Å². The Morgan fingerprint density at radius 3 is 2.23 bits per heavy atom. The van der Waals surface area contributed by atoms with Crippen LogP contribution in [0.5, 0.6) is 5.75 Å². The van der Waals surface area contributed by atoms with Crippen LogP contribution in [0.2, 0.25) is 0 Å². The first-order valence-corrected chi connectivity index (χ1v) is 10.0. The minimum atomic E-state index is -0.682. The second kappa shape index (κ2) is 9.48. The molecule has 0 spiro atoms. The minimum Gasteiger partial charge on any atom is -0.489 e. The minimum absolute atomic E-state index is 0.0113. The lowest BCUT2D eigenvalue weighted by Gasteiger charge is -2.30. The van der Waals surface area contributed by atoms with Crippen molar-refractivity contribution in [2.75, 3.05) is 6.61 Å². The van der Waals surface area contributed by atoms with Crippen molar-refractivity contribution in [1.82, 2.24) is 4.90 Å². The molecule has 6 heteroatoms. The maximum absolute atomic E-state index is 12.8. The van der Waals surface area contributed by atoms with Gasteiger partial charge in [0.05, 0.1) is 5.56 Å². The zero-order valence-electron chi connectivity index (χ0n) is 17.8. The van der Waals surface area contributed by atoms with Crippen molar-refractivity contribution in [3.05, 3.63) is 65.9 Å². The molecule has 0 fully saturated rings. The van der Waals surface area contributed by atoms with E-state index in [9.17, 15) is 9.59 Å². The molecule has 158 valence electrons. The number of esters is 1. The maximum atomic E-state index is 12.8. The Balaban J connectivity index is 1.79. The third-order valence-corrected chi connectivity index (χ3v) is 4.74. The summed E-state index contributed by atoms with van der Waals surface area (Å²) in [6.07, 6.45) is 0. The molecule has 30 heavy (non-hydrogen) atoms. The molecule has 0 saturated heterocycles. The fraction of sp³-hybridized carbons (Fsp3) is 0.333. The van der Waals surface area contributed by atoms with Crippen LogP contribution < -0.4 is 4.74 Å². The summed E-state index contributed by atoms with van der Waals surface area (Å²) in [4.78, 5) is 27.0. The Bertz CT molecular complexity index is 999. The van der Waals surface area contributed by atoms with Crippen LogP contribution in [0.1, 0.15) is 43.8 Å². The van der Waals surface area contributed by atoms with E-state index in [1.165, 1.54) is 0 Å². The van der Waals surface area contributed by atoms with Crippen LogP contribution in [0, 0.1) is 0 Å². The first-order valence-electron chi connectivity index (χ1n) is 10.0. The molecular weight excluding hydrogens is 382 g/mol. The Kier molecular flexibility index (Phi) is 6.77. The van der Waals surface area contributed by atoms with Gasteiger partial charge in [-0.1, -0.05) is 36.4 Å². The van der Waals surface area contributed by atoms with Gasteiger partial charge in [0.15, 0.2) is 6.61 Å². The van der Waals surface area contributed by atoms with Crippen molar-refractivity contribution in [3.63, 3.8) is 0 Å². The predicted molar refractivity (Wildman–Crippen MR) is 114 cm³/mol. The molecule has 6 nitrogen and oxygen atoms in total. The summed E-state index contributed by atoms with van der Waals surface area (Å²) in [5.41, 5.74) is 1.16. The van der Waals surface area contributed by atoms with E-state index >= 15 is 0 Å². The molecule has 0 atom stereocenters. The van der Waals surface area contributed by atoms with Gasteiger partial charge in [0.1, 0.15) is 17.9 Å². The average Bonchev–Trinajstić information content (AvgIpc) is 3.09. The average molecular weight is 409 g/mol. The quantitative estimate of drug-likeness (QED) is 0.499. The van der Waals surface area contributed by atoms with Crippen LogP contribution in [-0.4, -0.2) is 35.5 Å². The molecule has 0 aliphatic carbocycles. The summed E-state index contributed by atoms with van der Waals surface area (Å²) in [6.45, 7) is 7.51. The van der Waals surface area contributed by atoms with Crippen molar-refractivity contribution in [2.24, 2.45) is 0 Å². The molecule has 3 aromatic rings. The number of hydrogen-bond acceptors (Lipinski definition) is 5. The van der Waals surface area contributed by atoms with Gasteiger partial charge in [0, 0.05) is 17.5 Å². The zero-order valence-corrected chi connectivity index (χ0v) is 17.8. The summed E-state index contributed by atoms with van der Waals surface area (Å²) in [5, 5.41) is 0.776. The lowest BCUT2D eigenvalue weighted by molar-refractivity contribution is -0.138. The van der Waals surface area contributed by atoms with Crippen molar-refractivity contribution < 1.29 is 23.5 Å². The number of furan rings is 1. The molecule has 0 aliphatic heterocycles. The normalized spacial score (nSPS) is 11.1. The second-order valence-electron chi connectivity index (χ2n) is 7.57. The number of carbonyl (C=O) groups excluding carboxylic acids is 2. The van der Waals surface area contributed by atoms with Crippen LogP contribution in [0.3, 0.4) is 0 Å². The molecule has 0 radical (unpaired) electrons. The summed E-state index contributed by atoms with van der Waals surface area (Å²) in [6, 6.07) is 16.7. The molecule has 0 bridgehead atoms. The third-order valence-electron chi connectivity index (χ3n) is 4.74. The van der Waals surface area contributed by atoms with E-state index in [1.54, 1.807) is 11.0 Å². The number of fused-ring (bicyclic) bond motifs is 1. The maximum Gasteiger partial charge on any atom is 0.375 e. The number of benzene rings is 2. The Labute approximate surface area is 176 Å². The van der Waals surface area contributed by atoms with Crippen LogP contribution in [0.25, 0.3) is 11.0 Å². The largest absolute Gasteiger partial charge is 0.489 e. The van der Waals surface area contributed by atoms with Crippen LogP contribution in [-0.2, 0) is 16.1 Å². The Morgan fingerprint density at radius 1 is 0.933 bits per heavy atom. The van der Waals surface area contributed by atoms with Crippen LogP contribution in [0.15, 0.2) is 59.0 Å². The molecule has 0 unspecified atom stereocenters. The van der Waals surface area contributed by atoms with Gasteiger partial charge >= 0.3 is 5.97 Å². The van der Waals surface area contributed by atoms with Crippen LogP contribution in [0.4, 0.5) is 0 Å². The molecule has 1 heterocycles. The fourth-order valence-corrected chi connectivity index (χ4v) is 3.52. The van der Waals surface area contributed by atoms with Crippen molar-refractivity contribution >= 4 is 22.8 Å². The highest BCUT2D eigenvalue weighted by Crippen LogP contribution is 2.28. The van der Waals surface area contributed by atoms with E-state index in [0.29, 0.717) is 16.9 Å². The first kappa shape index (κ1) is 21.4. The molecular formula is C24H27NO5. The number of para-hydroxylation sites is 2. The predicted octanol–water partition coefficient (Wildman–Crippen LogP) is 4.81. The van der Waals surface area contributed by atoms with Crippen LogP contribution >= 0.6 is 0 Å². The summed E-state index contributed by atoms with van der Waals surface area (Å²) >= 11 is 0. The molecule has 1 amide bonds. The fourth-order valence-electron chi connectivity index (χ4n) is 3.52. The molecule has 0 aliphatic rings. The molecule has 0 N–H and O–H groups in total. The van der Waals surface area contributed by atoms with E-state index in [4.69, 9.17) is 13.9 Å². The molecule has 0 saturated carbocycles. The van der Waals surface area contributed by atoms with E-state index in [1.807, 2.05) is 76.2 Å². The van der Waals surface area contributed by atoms with Gasteiger partial charge in [-0.05, 0) is 45.9 Å². The highest BCUT2D eigenvalue weighted by atomic mass is 16.5. The lowest BCUT2D eigenvalue weighted by atomic mass is 10.1. The SMILES string of the molecule is CC(C)N(C(=O)COC(=O)c1oc2ccccc2c1COc1ccccc1)C(C)C. The van der Waals surface area contributed by atoms with Crippen molar-refractivity contribution in [2.45, 2.75) is 46.4 Å². The van der Waals surface area contributed by atoms with Gasteiger partial charge < -0.3 is 18.8 Å². The number of nitrogens with zero attached hydrogens (tertiary/aromatic N) is 1. The summed E-state index contributed by atoms with van der Waals surface area (Å²) in [7, 11) is 0. The topological polar surface area (TPSA) is 69.0 Å². The van der Waals surface area contributed by atoms with E-state index in [-0.39, 0.29) is 37.0 Å². The third kappa shape index (κ3) is 4.82. The molecule has 1 aromatic heterocycles. The van der Waals surface area contributed by atoms with Gasteiger partial charge in [0.2, 0.25) is 5.76 Å². The molecule has 2 aromatic carbocycles. The standard InChI is InChI=1S/C24H27NO5/c1-16(2)25(17(3)4)22(26)15-29-24(27)23-20(14-28-18-10-6-5-7-11-18)19-12-8-9-13-21(19)30-23/h5-13,16-17H,14-15H2,1-4H3. The second-order valence-corrected chi connectivity index (χ2v) is 7.57. The van der Waals surface area contributed by atoms with Gasteiger partial charge in [-0.3, -0.25) is 4.79 Å². The van der Waals surface area contributed by atoms with Gasteiger partial charge in [-0.2, -0.15) is 0 Å². The summed E-state index contributed by atoms with van der Waals surface area (Å²) < 4.78 is 16.9. The van der Waals surface area contributed by atoms with Crippen molar-refractivity contribution in [1.29, 1.82) is 0 Å². The monoisotopic (exact) mass is 409 g/mol. The van der Waals surface area contributed by atoms with Crippen molar-refractivity contribution in [3.8, 4) is 5.75 Å². The van der Waals surface area contributed by atoms with Gasteiger partial charge in [0.25, 0.3) is 5.91 Å². The molecule has 3 rings (SSSR count). The lowest BCUT2D eigenvalue weighted by Crippen LogP contribution is -2.44. The number of ether oxygens (including phenoxy) is 2. The smallest absolute Gasteiger partial charge is 0.375 e. The van der Waals surface area contributed by atoms with Gasteiger partial charge in [-0.25, -0.2) is 4.79 Å². The number of rotatable bonds is 8. The highest BCUT2D eigenvalue weighted by molar-refractivity contribution is 5.97. The zero-order chi connectivity index (χ0) is 21.7. The van der Waals surface area contributed by atoms with E-state index in [0.717, 1.165) is 5.39 Å².